The highest BCUT2D eigenvalue weighted by Gasteiger charge is 2.30. The van der Waals surface area contributed by atoms with Gasteiger partial charge in [-0.05, 0) is 66.4 Å². The number of carbonyl (C=O) groups excluding carboxylic acids is 1. The minimum Gasteiger partial charge on any atom is -0.487 e. The highest BCUT2D eigenvalue weighted by molar-refractivity contribution is 6.30. The number of hydrogen-bond acceptors (Lipinski definition) is 4. The van der Waals surface area contributed by atoms with Gasteiger partial charge in [0.05, 0.1) is 23.9 Å². The van der Waals surface area contributed by atoms with E-state index in [0.29, 0.717) is 29.5 Å². The van der Waals surface area contributed by atoms with E-state index in [1.165, 1.54) is 0 Å². The van der Waals surface area contributed by atoms with Crippen molar-refractivity contribution in [3.05, 3.63) is 107 Å². The van der Waals surface area contributed by atoms with Crippen LogP contribution in [0.1, 0.15) is 29.7 Å². The molecule has 5 nitrogen and oxygen atoms in total. The second-order valence-electron chi connectivity index (χ2n) is 8.90. The van der Waals surface area contributed by atoms with Crippen LogP contribution in [0.5, 0.6) is 5.75 Å². The van der Waals surface area contributed by atoms with Crippen molar-refractivity contribution in [3.63, 3.8) is 0 Å². The molecule has 0 spiro atoms. The van der Waals surface area contributed by atoms with Crippen molar-refractivity contribution >= 4 is 40.1 Å². The Morgan fingerprint density at radius 1 is 1.03 bits per heavy atom. The molecule has 0 saturated carbocycles. The molecule has 1 saturated heterocycles. The lowest BCUT2D eigenvalue weighted by atomic mass is 10.0. The van der Waals surface area contributed by atoms with Crippen LogP contribution >= 0.6 is 11.6 Å². The van der Waals surface area contributed by atoms with Gasteiger partial charge in [0.2, 0.25) is 0 Å². The zero-order chi connectivity index (χ0) is 24.9. The fraction of sp³-hybridized carbons (Fsp3) is 0.200. The summed E-state index contributed by atoms with van der Waals surface area (Å²) in [7, 11) is 0. The van der Waals surface area contributed by atoms with E-state index in [2.05, 4.69) is 4.98 Å². The number of amides is 1. The summed E-state index contributed by atoms with van der Waals surface area (Å²) < 4.78 is 5.98. The van der Waals surface area contributed by atoms with Gasteiger partial charge in [-0.15, -0.1) is 0 Å². The average molecular weight is 499 g/mol. The van der Waals surface area contributed by atoms with Gasteiger partial charge in [0.25, 0.3) is 5.91 Å². The van der Waals surface area contributed by atoms with Crippen LogP contribution in [0.25, 0.3) is 22.6 Å². The van der Waals surface area contributed by atoms with Gasteiger partial charge in [0.1, 0.15) is 12.4 Å². The Morgan fingerprint density at radius 2 is 1.81 bits per heavy atom. The number of para-hydroxylation sites is 1. The number of pyridine rings is 1. The van der Waals surface area contributed by atoms with E-state index in [1.807, 2.05) is 78.9 Å². The minimum atomic E-state index is -0.150. The van der Waals surface area contributed by atoms with Crippen LogP contribution in [-0.2, 0) is 11.4 Å². The molecule has 1 aromatic heterocycles. The monoisotopic (exact) mass is 498 g/mol. The molecular weight excluding hydrogens is 472 g/mol. The summed E-state index contributed by atoms with van der Waals surface area (Å²) in [5.41, 5.74) is 4.02. The SMILES string of the molecule is O=C(C(=Cc1ccc(Cl)cc1)c1ccc(OCc2ccc3ccccc3n2)cc1)N1CCC[C@@H]1CO. The zero-order valence-corrected chi connectivity index (χ0v) is 20.6. The molecule has 182 valence electrons. The Bertz CT molecular complexity index is 1380. The van der Waals surface area contributed by atoms with Gasteiger partial charge >= 0.3 is 0 Å². The summed E-state index contributed by atoms with van der Waals surface area (Å²) in [5, 5.41) is 11.5. The standard InChI is InChI=1S/C30H27ClN2O3/c31-24-12-7-21(8-13-24)18-28(30(35)33-17-3-5-26(33)19-34)22-10-15-27(16-11-22)36-20-25-14-9-23-4-1-2-6-29(23)32-25/h1-2,4,6-16,18,26,34H,3,5,17,19-20H2/t26-/m1/s1. The van der Waals surface area contributed by atoms with Crippen molar-refractivity contribution in [1.82, 2.24) is 9.88 Å². The number of fused-ring (bicyclic) bond motifs is 1. The van der Waals surface area contributed by atoms with Crippen molar-refractivity contribution in [1.29, 1.82) is 0 Å². The molecule has 0 unspecified atom stereocenters. The fourth-order valence-electron chi connectivity index (χ4n) is 4.52. The molecule has 0 aliphatic carbocycles. The topological polar surface area (TPSA) is 62.7 Å². The largest absolute Gasteiger partial charge is 0.487 e. The molecule has 0 radical (unpaired) electrons. The third-order valence-corrected chi connectivity index (χ3v) is 6.72. The second kappa shape index (κ2) is 10.9. The van der Waals surface area contributed by atoms with Crippen LogP contribution in [0.15, 0.2) is 84.9 Å². The zero-order valence-electron chi connectivity index (χ0n) is 19.8. The maximum Gasteiger partial charge on any atom is 0.254 e. The molecule has 1 atom stereocenters. The number of benzene rings is 3. The highest BCUT2D eigenvalue weighted by Crippen LogP contribution is 2.28. The number of halogens is 1. The summed E-state index contributed by atoms with van der Waals surface area (Å²) in [5.74, 6) is 0.608. The predicted octanol–water partition coefficient (Wildman–Crippen LogP) is 5.99. The van der Waals surface area contributed by atoms with E-state index < -0.39 is 0 Å². The molecule has 1 aliphatic rings. The highest BCUT2D eigenvalue weighted by atomic mass is 35.5. The number of carbonyl (C=O) groups is 1. The van der Waals surface area contributed by atoms with Crippen LogP contribution in [0.2, 0.25) is 5.02 Å². The summed E-state index contributed by atoms with van der Waals surface area (Å²) in [4.78, 5) is 20.0. The first-order valence-corrected chi connectivity index (χ1v) is 12.5. The Balaban J connectivity index is 1.37. The molecule has 0 bridgehead atoms. The Labute approximate surface area is 215 Å². The maximum atomic E-state index is 13.6. The van der Waals surface area contributed by atoms with Crippen molar-refractivity contribution in [2.45, 2.75) is 25.5 Å². The van der Waals surface area contributed by atoms with E-state index in [0.717, 1.165) is 40.6 Å². The molecule has 6 heteroatoms. The van der Waals surface area contributed by atoms with E-state index in [4.69, 9.17) is 16.3 Å². The van der Waals surface area contributed by atoms with Gasteiger partial charge in [-0.1, -0.05) is 60.1 Å². The summed E-state index contributed by atoms with van der Waals surface area (Å²) >= 11 is 6.05. The molecule has 5 rings (SSSR count). The van der Waals surface area contributed by atoms with E-state index in [-0.39, 0.29) is 18.6 Å². The first kappa shape index (κ1) is 24.0. The van der Waals surface area contributed by atoms with Gasteiger partial charge < -0.3 is 14.7 Å². The predicted molar refractivity (Wildman–Crippen MR) is 144 cm³/mol. The molecular formula is C30H27ClN2O3. The summed E-state index contributed by atoms with van der Waals surface area (Å²) in [6.07, 6.45) is 3.58. The van der Waals surface area contributed by atoms with Gasteiger partial charge in [0.15, 0.2) is 0 Å². The Morgan fingerprint density at radius 3 is 2.58 bits per heavy atom. The van der Waals surface area contributed by atoms with Crippen molar-refractivity contribution < 1.29 is 14.6 Å². The lowest BCUT2D eigenvalue weighted by Crippen LogP contribution is -2.38. The quantitative estimate of drug-likeness (QED) is 0.251. The smallest absolute Gasteiger partial charge is 0.254 e. The van der Waals surface area contributed by atoms with Crippen LogP contribution in [0, 0.1) is 0 Å². The number of aliphatic hydroxyl groups is 1. The molecule has 2 heterocycles. The van der Waals surface area contributed by atoms with E-state index in [9.17, 15) is 9.90 Å². The third-order valence-electron chi connectivity index (χ3n) is 6.47. The average Bonchev–Trinajstić information content (AvgIpc) is 3.41. The Kier molecular flexibility index (Phi) is 7.31. The number of likely N-dealkylation sites (tertiary alicyclic amines) is 1. The number of ether oxygens (including phenoxy) is 1. The summed E-state index contributed by atoms with van der Waals surface area (Å²) in [6.45, 7) is 0.958. The minimum absolute atomic E-state index is 0.0322. The first-order valence-electron chi connectivity index (χ1n) is 12.1. The third kappa shape index (κ3) is 5.43. The van der Waals surface area contributed by atoms with Gasteiger partial charge in [-0.3, -0.25) is 4.79 Å². The molecule has 4 aromatic rings. The van der Waals surface area contributed by atoms with Gasteiger partial charge in [-0.25, -0.2) is 4.98 Å². The normalized spacial score (nSPS) is 15.9. The number of aromatic nitrogens is 1. The molecule has 1 amide bonds. The molecule has 1 N–H and O–H groups in total. The van der Waals surface area contributed by atoms with Crippen molar-refractivity contribution in [2.24, 2.45) is 0 Å². The second-order valence-corrected chi connectivity index (χ2v) is 9.33. The molecule has 3 aromatic carbocycles. The molecule has 1 aliphatic heterocycles. The number of rotatable bonds is 7. The van der Waals surface area contributed by atoms with Crippen LogP contribution < -0.4 is 4.74 Å². The van der Waals surface area contributed by atoms with Crippen LogP contribution in [-0.4, -0.2) is 40.1 Å². The van der Waals surface area contributed by atoms with Gasteiger partial charge in [0, 0.05) is 22.5 Å². The van der Waals surface area contributed by atoms with Crippen molar-refractivity contribution in [3.8, 4) is 5.75 Å². The van der Waals surface area contributed by atoms with E-state index >= 15 is 0 Å². The maximum absolute atomic E-state index is 13.6. The number of nitrogens with zero attached hydrogens (tertiary/aromatic N) is 2. The number of hydrogen-bond donors (Lipinski definition) is 1. The fourth-order valence-corrected chi connectivity index (χ4v) is 4.64. The van der Waals surface area contributed by atoms with Crippen LogP contribution in [0.3, 0.4) is 0 Å². The molecule has 36 heavy (non-hydrogen) atoms. The lowest BCUT2D eigenvalue weighted by molar-refractivity contribution is -0.126. The van der Waals surface area contributed by atoms with Crippen LogP contribution in [0.4, 0.5) is 0 Å². The molecule has 1 fully saturated rings. The van der Waals surface area contributed by atoms with Gasteiger partial charge in [-0.2, -0.15) is 0 Å². The number of aliphatic hydroxyl groups excluding tert-OH is 1. The lowest BCUT2D eigenvalue weighted by Gasteiger charge is -2.24. The Hall–Kier alpha value is -3.67. The van der Waals surface area contributed by atoms with Crippen molar-refractivity contribution in [2.75, 3.05) is 13.2 Å². The van der Waals surface area contributed by atoms with E-state index in [1.54, 1.807) is 17.0 Å². The first-order chi connectivity index (χ1) is 17.6. The summed E-state index contributed by atoms with van der Waals surface area (Å²) in [6, 6.07) is 26.8.